The second-order valence-corrected chi connectivity index (χ2v) is 8.69. The van der Waals surface area contributed by atoms with Crippen LogP contribution in [0.3, 0.4) is 0 Å². The van der Waals surface area contributed by atoms with Gasteiger partial charge in [0.25, 0.3) is 0 Å². The van der Waals surface area contributed by atoms with Crippen molar-refractivity contribution in [1.29, 1.82) is 0 Å². The number of hydrogen-bond acceptors (Lipinski definition) is 4. The summed E-state index contributed by atoms with van der Waals surface area (Å²) in [6, 6.07) is 2.69. The minimum absolute atomic E-state index is 0.0988. The number of anilines is 1. The van der Waals surface area contributed by atoms with E-state index in [1.54, 1.807) is 0 Å². The van der Waals surface area contributed by atoms with Gasteiger partial charge in [0.1, 0.15) is 11.6 Å². The number of nitrogens with one attached hydrogen (secondary N) is 2. The highest BCUT2D eigenvalue weighted by Crippen LogP contribution is 2.34. The van der Waals surface area contributed by atoms with Gasteiger partial charge in [0, 0.05) is 30.8 Å². The summed E-state index contributed by atoms with van der Waals surface area (Å²) in [7, 11) is 0. The van der Waals surface area contributed by atoms with E-state index in [0.717, 1.165) is 44.9 Å². The Morgan fingerprint density at radius 2 is 1.55 bits per heavy atom. The van der Waals surface area contributed by atoms with Gasteiger partial charge in [-0.3, -0.25) is 14.9 Å². The molecule has 2 N–H and O–H groups in total. The van der Waals surface area contributed by atoms with Gasteiger partial charge in [0.05, 0.1) is 5.92 Å². The number of benzene rings is 1. The first-order valence-electron chi connectivity index (χ1n) is 10.8. The van der Waals surface area contributed by atoms with E-state index in [4.69, 9.17) is 0 Å². The van der Waals surface area contributed by atoms with Crippen LogP contribution in [0.25, 0.3) is 0 Å². The van der Waals surface area contributed by atoms with Crippen molar-refractivity contribution >= 4 is 17.5 Å². The number of hydrogen-bond donors (Lipinski definition) is 2. The molecule has 3 aliphatic rings. The molecule has 3 aliphatic heterocycles. The molecule has 1 aromatic carbocycles. The number of piperidine rings is 3. The van der Waals surface area contributed by atoms with Gasteiger partial charge in [-0.15, -0.1) is 0 Å². The highest BCUT2D eigenvalue weighted by molar-refractivity contribution is 6.01. The van der Waals surface area contributed by atoms with E-state index in [2.05, 4.69) is 10.6 Å². The highest BCUT2D eigenvalue weighted by atomic mass is 19.1. The van der Waals surface area contributed by atoms with Crippen molar-refractivity contribution in [3.05, 3.63) is 29.3 Å². The van der Waals surface area contributed by atoms with Gasteiger partial charge in [0.15, 0.2) is 0 Å². The summed E-state index contributed by atoms with van der Waals surface area (Å²) in [6.45, 7) is 3.82. The van der Waals surface area contributed by atoms with E-state index in [1.807, 2.05) is 4.90 Å². The molecule has 2 amide bonds. The number of amides is 2. The lowest BCUT2D eigenvalue weighted by atomic mass is 9.83. The fourth-order valence-corrected chi connectivity index (χ4v) is 5.07. The van der Waals surface area contributed by atoms with Crippen LogP contribution >= 0.6 is 0 Å². The van der Waals surface area contributed by atoms with Crippen LogP contribution in [0.5, 0.6) is 0 Å². The van der Waals surface area contributed by atoms with Gasteiger partial charge in [-0.2, -0.15) is 0 Å². The zero-order valence-corrected chi connectivity index (χ0v) is 16.7. The Balaban J connectivity index is 1.40. The van der Waals surface area contributed by atoms with Crippen molar-refractivity contribution in [1.82, 2.24) is 10.6 Å². The van der Waals surface area contributed by atoms with Gasteiger partial charge in [-0.25, -0.2) is 8.78 Å². The first-order chi connectivity index (χ1) is 14.0. The molecule has 0 aliphatic carbocycles. The van der Waals surface area contributed by atoms with Crippen molar-refractivity contribution in [2.45, 2.75) is 50.9 Å². The van der Waals surface area contributed by atoms with Crippen molar-refractivity contribution in [2.24, 2.45) is 11.8 Å². The third kappa shape index (κ3) is 4.60. The molecule has 1 atom stereocenters. The molecule has 158 valence electrons. The Labute approximate surface area is 170 Å². The number of nitrogens with zero attached hydrogens (tertiary/aromatic N) is 1. The third-order valence-electron chi connectivity index (χ3n) is 6.76. The first kappa shape index (κ1) is 20.3. The van der Waals surface area contributed by atoms with Gasteiger partial charge >= 0.3 is 0 Å². The van der Waals surface area contributed by atoms with Crippen molar-refractivity contribution in [3.63, 3.8) is 0 Å². The van der Waals surface area contributed by atoms with E-state index < -0.39 is 29.4 Å². The van der Waals surface area contributed by atoms with Gasteiger partial charge in [0.2, 0.25) is 11.8 Å². The van der Waals surface area contributed by atoms with Crippen LogP contribution in [0, 0.1) is 23.5 Å². The lowest BCUT2D eigenvalue weighted by Gasteiger charge is -2.36. The molecule has 1 unspecified atom stereocenters. The summed E-state index contributed by atoms with van der Waals surface area (Å²) >= 11 is 0. The number of carbonyl (C=O) groups excluding carboxylic acids is 2. The first-order valence-corrected chi connectivity index (χ1v) is 10.8. The van der Waals surface area contributed by atoms with Crippen molar-refractivity contribution < 1.29 is 18.4 Å². The molecule has 3 heterocycles. The molecule has 0 saturated carbocycles. The lowest BCUT2D eigenvalue weighted by Crippen LogP contribution is -2.40. The van der Waals surface area contributed by atoms with Crippen LogP contribution in [0.1, 0.15) is 56.4 Å². The maximum Gasteiger partial charge on any atom is 0.234 e. The number of rotatable bonds is 4. The van der Waals surface area contributed by atoms with Crippen LogP contribution in [0.2, 0.25) is 0 Å². The Morgan fingerprint density at radius 1 is 0.931 bits per heavy atom. The molecule has 0 bridgehead atoms. The fourth-order valence-electron chi connectivity index (χ4n) is 5.07. The molecule has 7 heteroatoms. The average Bonchev–Trinajstić information content (AvgIpc) is 2.70. The molecule has 0 spiro atoms. The fraction of sp³-hybridized carbons (Fsp3) is 0.636. The minimum Gasteiger partial charge on any atom is -0.371 e. The SMILES string of the molecule is O=C1CCC(c2c(F)cc(N3CCC(CC4CCNCC4)CC3)cc2F)C(=O)N1. The molecule has 29 heavy (non-hydrogen) atoms. The van der Waals surface area contributed by atoms with Gasteiger partial charge in [-0.05, 0) is 75.6 Å². The topological polar surface area (TPSA) is 61.4 Å². The summed E-state index contributed by atoms with van der Waals surface area (Å²) in [5.41, 5.74) is 0.316. The molecular formula is C22H29F2N3O2. The van der Waals surface area contributed by atoms with E-state index in [-0.39, 0.29) is 18.4 Å². The van der Waals surface area contributed by atoms with Crippen LogP contribution in [0.15, 0.2) is 12.1 Å². The predicted molar refractivity (Wildman–Crippen MR) is 107 cm³/mol. The zero-order valence-electron chi connectivity index (χ0n) is 16.7. The average molecular weight is 405 g/mol. The maximum atomic E-state index is 14.8. The molecule has 1 aromatic rings. The Hall–Kier alpha value is -2.02. The maximum absolute atomic E-state index is 14.8. The van der Waals surface area contributed by atoms with Crippen molar-refractivity contribution in [3.8, 4) is 0 Å². The number of halogens is 2. The van der Waals surface area contributed by atoms with Crippen molar-refractivity contribution in [2.75, 3.05) is 31.1 Å². The smallest absolute Gasteiger partial charge is 0.234 e. The molecule has 5 nitrogen and oxygen atoms in total. The molecule has 0 aromatic heterocycles. The van der Waals surface area contributed by atoms with Crippen LogP contribution in [-0.2, 0) is 9.59 Å². The van der Waals surface area contributed by atoms with E-state index in [9.17, 15) is 18.4 Å². The Morgan fingerprint density at radius 3 is 2.17 bits per heavy atom. The molecular weight excluding hydrogens is 376 g/mol. The second kappa shape index (κ2) is 8.78. The summed E-state index contributed by atoms with van der Waals surface area (Å²) in [4.78, 5) is 25.4. The second-order valence-electron chi connectivity index (χ2n) is 8.69. The van der Waals surface area contributed by atoms with Crippen LogP contribution in [0.4, 0.5) is 14.5 Å². The molecule has 0 radical (unpaired) electrons. The molecule has 4 rings (SSSR count). The van der Waals surface area contributed by atoms with Crippen LogP contribution < -0.4 is 15.5 Å². The highest BCUT2D eigenvalue weighted by Gasteiger charge is 2.33. The van der Waals surface area contributed by atoms with Gasteiger partial charge in [-0.1, -0.05) is 0 Å². The predicted octanol–water partition coefficient (Wildman–Crippen LogP) is 3.09. The molecule has 3 saturated heterocycles. The van der Waals surface area contributed by atoms with Crippen LogP contribution in [-0.4, -0.2) is 38.0 Å². The standard InChI is InChI=1S/C22H29F2N3O2/c23-18-12-16(13-19(24)21(18)17-1-2-20(28)26-22(17)29)27-9-5-15(6-10-27)11-14-3-7-25-8-4-14/h12-15,17,25H,1-11H2,(H,26,28,29). The monoisotopic (exact) mass is 405 g/mol. The van der Waals surface area contributed by atoms with E-state index >= 15 is 0 Å². The normalized spacial score (nSPS) is 24.6. The summed E-state index contributed by atoms with van der Waals surface area (Å²) in [5.74, 6) is -1.88. The third-order valence-corrected chi connectivity index (χ3v) is 6.76. The Bertz CT molecular complexity index is 748. The summed E-state index contributed by atoms with van der Waals surface area (Å²) in [5, 5.41) is 5.58. The van der Waals surface area contributed by atoms with E-state index in [0.29, 0.717) is 11.6 Å². The number of carbonyl (C=O) groups is 2. The quantitative estimate of drug-likeness (QED) is 0.756. The summed E-state index contributed by atoms with van der Waals surface area (Å²) in [6.07, 6.45) is 6.08. The lowest BCUT2D eigenvalue weighted by molar-refractivity contribution is -0.134. The van der Waals surface area contributed by atoms with E-state index in [1.165, 1.54) is 31.4 Å². The number of imide groups is 1. The summed E-state index contributed by atoms with van der Waals surface area (Å²) < 4.78 is 29.5. The molecule has 3 fully saturated rings. The largest absolute Gasteiger partial charge is 0.371 e. The van der Waals surface area contributed by atoms with Gasteiger partial charge < -0.3 is 10.2 Å². The Kier molecular flexibility index (Phi) is 6.13. The zero-order chi connectivity index (χ0) is 20.4. The minimum atomic E-state index is -0.947.